The van der Waals surface area contributed by atoms with E-state index in [4.69, 9.17) is 0 Å². The third-order valence-electron chi connectivity index (χ3n) is 3.02. The molecule has 0 aliphatic carbocycles. The van der Waals surface area contributed by atoms with Crippen molar-refractivity contribution in [2.45, 2.75) is 6.92 Å². The number of imidazole rings is 1. The number of carbonyl (C=O) groups excluding carboxylic acids is 1. The van der Waals surface area contributed by atoms with Crippen molar-refractivity contribution < 1.29 is 4.79 Å². The van der Waals surface area contributed by atoms with Crippen LogP contribution in [0.5, 0.6) is 0 Å². The molecule has 3 heteroatoms. The minimum absolute atomic E-state index is 0.0855. The number of nitrogens with zero attached hydrogens (tertiary/aromatic N) is 2. The summed E-state index contributed by atoms with van der Waals surface area (Å²) in [6.45, 7) is 1.57. The van der Waals surface area contributed by atoms with Crippen molar-refractivity contribution in [1.29, 1.82) is 0 Å². The molecule has 0 saturated carbocycles. The quantitative estimate of drug-likeness (QED) is 0.640. The van der Waals surface area contributed by atoms with Gasteiger partial charge >= 0.3 is 0 Å². The van der Waals surface area contributed by atoms with Gasteiger partial charge in [0, 0.05) is 18.0 Å². The summed E-state index contributed by atoms with van der Waals surface area (Å²) in [5, 5.41) is 0. The van der Waals surface area contributed by atoms with Crippen LogP contribution in [0.1, 0.15) is 17.3 Å². The second kappa shape index (κ2) is 4.11. The molecule has 3 nitrogen and oxygen atoms in total. The molecule has 0 fully saturated rings. The van der Waals surface area contributed by atoms with E-state index in [0.717, 1.165) is 22.5 Å². The first-order valence-electron chi connectivity index (χ1n) is 5.79. The number of carbonyl (C=O) groups is 1. The van der Waals surface area contributed by atoms with Gasteiger partial charge in [-0.1, -0.05) is 30.3 Å². The molecule has 0 saturated heterocycles. The predicted octanol–water partition coefficient (Wildman–Crippen LogP) is 3.20. The number of pyridine rings is 1. The van der Waals surface area contributed by atoms with Gasteiger partial charge in [-0.25, -0.2) is 4.98 Å². The van der Waals surface area contributed by atoms with Crippen LogP contribution in [0, 0.1) is 0 Å². The topological polar surface area (TPSA) is 34.4 Å². The van der Waals surface area contributed by atoms with Gasteiger partial charge in [-0.3, -0.25) is 9.20 Å². The van der Waals surface area contributed by atoms with Crippen LogP contribution in [0.2, 0.25) is 0 Å². The zero-order chi connectivity index (χ0) is 12.5. The van der Waals surface area contributed by atoms with E-state index in [1.165, 1.54) is 0 Å². The van der Waals surface area contributed by atoms with Gasteiger partial charge in [-0.2, -0.15) is 0 Å². The molecule has 3 rings (SSSR count). The zero-order valence-corrected chi connectivity index (χ0v) is 10.00. The molecule has 1 aromatic carbocycles. The maximum absolute atomic E-state index is 11.2. The van der Waals surface area contributed by atoms with Crippen LogP contribution in [0.3, 0.4) is 0 Å². The molecule has 0 radical (unpaired) electrons. The summed E-state index contributed by atoms with van der Waals surface area (Å²) in [4.78, 5) is 15.5. The lowest BCUT2D eigenvalue weighted by molar-refractivity contribution is 0.101. The highest BCUT2D eigenvalue weighted by molar-refractivity contribution is 5.94. The van der Waals surface area contributed by atoms with E-state index in [0.29, 0.717) is 0 Å². The SMILES string of the molecule is CC(=O)c1ccc(-c2cccc3nccn23)cc1. The molecule has 0 atom stereocenters. The molecule has 0 aliphatic heterocycles. The number of hydrogen-bond donors (Lipinski definition) is 0. The number of hydrogen-bond acceptors (Lipinski definition) is 2. The maximum Gasteiger partial charge on any atom is 0.159 e. The molecule has 2 aromatic heterocycles. The van der Waals surface area contributed by atoms with Crippen molar-refractivity contribution in [2.24, 2.45) is 0 Å². The third-order valence-corrected chi connectivity index (χ3v) is 3.02. The van der Waals surface area contributed by atoms with Gasteiger partial charge in [0.05, 0.1) is 5.69 Å². The van der Waals surface area contributed by atoms with Gasteiger partial charge in [-0.15, -0.1) is 0 Å². The number of aromatic nitrogens is 2. The number of benzene rings is 1. The van der Waals surface area contributed by atoms with Crippen molar-refractivity contribution in [3.63, 3.8) is 0 Å². The average Bonchev–Trinajstić information content (AvgIpc) is 2.87. The van der Waals surface area contributed by atoms with Crippen molar-refractivity contribution >= 4 is 11.4 Å². The van der Waals surface area contributed by atoms with Crippen LogP contribution in [0.15, 0.2) is 54.9 Å². The first kappa shape index (κ1) is 10.7. The second-order valence-electron chi connectivity index (χ2n) is 4.20. The van der Waals surface area contributed by atoms with Gasteiger partial charge in [-0.05, 0) is 24.6 Å². The largest absolute Gasteiger partial charge is 0.300 e. The Balaban J connectivity index is 2.14. The summed E-state index contributed by atoms with van der Waals surface area (Å²) in [6.07, 6.45) is 3.71. The second-order valence-corrected chi connectivity index (χ2v) is 4.20. The number of rotatable bonds is 2. The molecule has 0 unspecified atom stereocenters. The van der Waals surface area contributed by atoms with Crippen molar-refractivity contribution in [2.75, 3.05) is 0 Å². The van der Waals surface area contributed by atoms with E-state index in [-0.39, 0.29) is 5.78 Å². The summed E-state index contributed by atoms with van der Waals surface area (Å²) in [5.74, 6) is 0.0855. The maximum atomic E-state index is 11.2. The van der Waals surface area contributed by atoms with E-state index in [1.807, 2.05) is 53.1 Å². The van der Waals surface area contributed by atoms with Crippen molar-refractivity contribution in [3.05, 3.63) is 60.4 Å². The summed E-state index contributed by atoms with van der Waals surface area (Å²) < 4.78 is 2.03. The van der Waals surface area contributed by atoms with Crippen LogP contribution in [0.25, 0.3) is 16.9 Å². The van der Waals surface area contributed by atoms with Gasteiger partial charge in [0.25, 0.3) is 0 Å². The third kappa shape index (κ3) is 1.70. The van der Waals surface area contributed by atoms with Crippen LogP contribution in [-0.4, -0.2) is 15.2 Å². The Hall–Kier alpha value is -2.42. The fourth-order valence-electron chi connectivity index (χ4n) is 2.06. The van der Waals surface area contributed by atoms with Crippen LogP contribution in [-0.2, 0) is 0 Å². The summed E-state index contributed by atoms with van der Waals surface area (Å²) in [5.41, 5.74) is 3.79. The molecular weight excluding hydrogens is 224 g/mol. The Morgan fingerprint density at radius 3 is 2.61 bits per heavy atom. The van der Waals surface area contributed by atoms with E-state index >= 15 is 0 Å². The van der Waals surface area contributed by atoms with Crippen LogP contribution < -0.4 is 0 Å². The lowest BCUT2D eigenvalue weighted by atomic mass is 10.1. The number of Topliss-reactive ketones (excluding diaryl/α,β-unsaturated/α-hetero) is 1. The van der Waals surface area contributed by atoms with Crippen molar-refractivity contribution in [3.8, 4) is 11.3 Å². The minimum atomic E-state index is 0.0855. The van der Waals surface area contributed by atoms with Crippen LogP contribution >= 0.6 is 0 Å². The van der Waals surface area contributed by atoms with Gasteiger partial charge in [0.1, 0.15) is 5.65 Å². The highest BCUT2D eigenvalue weighted by Crippen LogP contribution is 2.21. The first-order chi connectivity index (χ1) is 8.75. The molecule has 0 bridgehead atoms. The normalized spacial score (nSPS) is 10.7. The molecule has 0 amide bonds. The highest BCUT2D eigenvalue weighted by Gasteiger charge is 2.04. The smallest absolute Gasteiger partial charge is 0.159 e. The average molecular weight is 236 g/mol. The molecule has 18 heavy (non-hydrogen) atoms. The fraction of sp³-hybridized carbons (Fsp3) is 0.0667. The number of fused-ring (bicyclic) bond motifs is 1. The fourth-order valence-corrected chi connectivity index (χ4v) is 2.06. The van der Waals surface area contributed by atoms with E-state index in [9.17, 15) is 4.79 Å². The minimum Gasteiger partial charge on any atom is -0.300 e. The molecule has 0 spiro atoms. The lowest BCUT2D eigenvalue weighted by Crippen LogP contribution is -1.93. The molecular formula is C15H12N2O. The Kier molecular flexibility index (Phi) is 2.45. The Labute approximate surface area is 105 Å². The zero-order valence-electron chi connectivity index (χ0n) is 10.00. The lowest BCUT2D eigenvalue weighted by Gasteiger charge is -2.06. The van der Waals surface area contributed by atoms with E-state index in [1.54, 1.807) is 13.1 Å². The summed E-state index contributed by atoms with van der Waals surface area (Å²) in [7, 11) is 0. The molecule has 2 heterocycles. The Morgan fingerprint density at radius 2 is 1.89 bits per heavy atom. The molecule has 0 aliphatic rings. The molecule has 3 aromatic rings. The summed E-state index contributed by atoms with van der Waals surface area (Å²) >= 11 is 0. The molecule has 88 valence electrons. The highest BCUT2D eigenvalue weighted by atomic mass is 16.1. The van der Waals surface area contributed by atoms with Gasteiger partial charge in [0.15, 0.2) is 5.78 Å². The predicted molar refractivity (Wildman–Crippen MR) is 70.6 cm³/mol. The first-order valence-corrected chi connectivity index (χ1v) is 5.79. The Morgan fingerprint density at radius 1 is 1.11 bits per heavy atom. The van der Waals surface area contributed by atoms with Gasteiger partial charge in [0.2, 0.25) is 0 Å². The Bertz CT molecular complexity index is 711. The number of ketones is 1. The molecule has 0 N–H and O–H groups in total. The van der Waals surface area contributed by atoms with Gasteiger partial charge < -0.3 is 0 Å². The monoisotopic (exact) mass is 236 g/mol. The van der Waals surface area contributed by atoms with E-state index in [2.05, 4.69) is 4.98 Å². The van der Waals surface area contributed by atoms with Crippen molar-refractivity contribution in [1.82, 2.24) is 9.38 Å². The van der Waals surface area contributed by atoms with Crippen LogP contribution in [0.4, 0.5) is 0 Å². The standard InChI is InChI=1S/C15H12N2O/c1-11(18)12-5-7-13(8-6-12)14-3-2-4-15-16-9-10-17(14)15/h2-10H,1H3. The van der Waals surface area contributed by atoms with E-state index < -0.39 is 0 Å². The summed E-state index contributed by atoms with van der Waals surface area (Å²) in [6, 6.07) is 13.6.